The van der Waals surface area contributed by atoms with Gasteiger partial charge < -0.3 is 5.32 Å². The Balaban J connectivity index is 1.61. The number of rotatable bonds is 5. The molecule has 0 saturated carbocycles. The van der Waals surface area contributed by atoms with Crippen molar-refractivity contribution in [2.45, 2.75) is 6.92 Å². The number of carbonyl (C=O) groups is 2. The number of benzene rings is 2. The average molecular weight is 363 g/mol. The van der Waals surface area contributed by atoms with Gasteiger partial charge in [0.1, 0.15) is 0 Å². The number of hydrogen-bond donors (Lipinski definition) is 2. The Morgan fingerprint density at radius 3 is 2.19 bits per heavy atom. The summed E-state index contributed by atoms with van der Waals surface area (Å²) in [6, 6.07) is 19.5. The molecule has 130 valence electrons. The largest absolute Gasteiger partial charge is 0.322 e. The summed E-state index contributed by atoms with van der Waals surface area (Å²) in [5, 5.41) is 8.86. The van der Waals surface area contributed by atoms with Crippen LogP contribution in [0.5, 0.6) is 0 Å². The van der Waals surface area contributed by atoms with E-state index in [1.165, 1.54) is 0 Å². The highest BCUT2D eigenvalue weighted by Crippen LogP contribution is 2.12. The standard InChI is InChI=1S/C20H17N3O2S/c1-14(18-8-5-13-26-18)22-23-20(25)16-9-11-17(12-10-16)21-19(24)15-6-3-2-4-7-15/h2-13H,1H3,(H,21,24)(H,23,25). The fourth-order valence-corrected chi connectivity index (χ4v) is 2.91. The summed E-state index contributed by atoms with van der Waals surface area (Å²) in [5.74, 6) is -0.499. The molecule has 3 aromatic rings. The Bertz CT molecular complexity index is 917. The van der Waals surface area contributed by atoms with Crippen LogP contribution in [-0.2, 0) is 0 Å². The minimum atomic E-state index is -0.304. The third kappa shape index (κ3) is 4.43. The summed E-state index contributed by atoms with van der Waals surface area (Å²) in [4.78, 5) is 25.3. The van der Waals surface area contributed by atoms with Gasteiger partial charge in [0.25, 0.3) is 11.8 Å². The Hall–Kier alpha value is -3.25. The fourth-order valence-electron chi connectivity index (χ4n) is 2.24. The van der Waals surface area contributed by atoms with Crippen LogP contribution in [0.3, 0.4) is 0 Å². The van der Waals surface area contributed by atoms with Crippen LogP contribution in [0.15, 0.2) is 77.2 Å². The molecule has 0 saturated heterocycles. The molecule has 2 aromatic carbocycles. The Morgan fingerprint density at radius 1 is 0.846 bits per heavy atom. The van der Waals surface area contributed by atoms with Crippen molar-refractivity contribution in [2.24, 2.45) is 5.10 Å². The molecule has 5 nitrogen and oxygen atoms in total. The fraction of sp³-hybridized carbons (Fsp3) is 0.0500. The summed E-state index contributed by atoms with van der Waals surface area (Å²) >= 11 is 1.56. The van der Waals surface area contributed by atoms with Crippen molar-refractivity contribution in [3.05, 3.63) is 88.1 Å². The zero-order chi connectivity index (χ0) is 18.4. The van der Waals surface area contributed by atoms with Gasteiger partial charge in [0.05, 0.1) is 5.71 Å². The van der Waals surface area contributed by atoms with E-state index in [1.54, 1.807) is 59.9 Å². The lowest BCUT2D eigenvalue weighted by atomic mass is 10.1. The third-order valence-corrected chi connectivity index (χ3v) is 4.62. The Morgan fingerprint density at radius 2 is 1.54 bits per heavy atom. The maximum Gasteiger partial charge on any atom is 0.271 e. The second-order valence-electron chi connectivity index (χ2n) is 5.51. The molecule has 0 aliphatic carbocycles. The van der Waals surface area contributed by atoms with E-state index in [0.29, 0.717) is 16.8 Å². The zero-order valence-corrected chi connectivity index (χ0v) is 14.9. The smallest absolute Gasteiger partial charge is 0.271 e. The van der Waals surface area contributed by atoms with Crippen LogP contribution in [-0.4, -0.2) is 17.5 Å². The normalized spacial score (nSPS) is 11.0. The van der Waals surface area contributed by atoms with Gasteiger partial charge in [-0.1, -0.05) is 24.3 Å². The van der Waals surface area contributed by atoms with E-state index in [-0.39, 0.29) is 11.8 Å². The number of carbonyl (C=O) groups excluding carboxylic acids is 2. The van der Waals surface area contributed by atoms with Gasteiger partial charge in [-0.05, 0) is 54.8 Å². The minimum Gasteiger partial charge on any atom is -0.322 e. The van der Waals surface area contributed by atoms with Gasteiger partial charge in [-0.2, -0.15) is 5.10 Å². The maximum absolute atomic E-state index is 12.2. The van der Waals surface area contributed by atoms with Crippen molar-refractivity contribution < 1.29 is 9.59 Å². The molecule has 1 aromatic heterocycles. The van der Waals surface area contributed by atoms with Crippen molar-refractivity contribution in [1.29, 1.82) is 0 Å². The first-order chi connectivity index (χ1) is 12.6. The molecule has 26 heavy (non-hydrogen) atoms. The lowest BCUT2D eigenvalue weighted by molar-refractivity contribution is 0.0954. The number of nitrogens with zero attached hydrogens (tertiary/aromatic N) is 1. The number of thiophene rings is 1. The molecule has 3 rings (SSSR count). The van der Waals surface area contributed by atoms with Crippen LogP contribution in [0.2, 0.25) is 0 Å². The Kier molecular flexibility index (Phi) is 5.56. The van der Waals surface area contributed by atoms with Crippen LogP contribution < -0.4 is 10.7 Å². The summed E-state index contributed by atoms with van der Waals surface area (Å²) in [7, 11) is 0. The number of hydrogen-bond acceptors (Lipinski definition) is 4. The van der Waals surface area contributed by atoms with Crippen LogP contribution in [0.1, 0.15) is 32.5 Å². The second-order valence-corrected chi connectivity index (χ2v) is 6.46. The molecule has 0 radical (unpaired) electrons. The lowest BCUT2D eigenvalue weighted by Crippen LogP contribution is -2.19. The minimum absolute atomic E-state index is 0.195. The van der Waals surface area contributed by atoms with Gasteiger partial charge in [0.2, 0.25) is 0 Å². The molecule has 0 spiro atoms. The van der Waals surface area contributed by atoms with Crippen LogP contribution >= 0.6 is 11.3 Å². The number of anilines is 1. The van der Waals surface area contributed by atoms with Crippen molar-refractivity contribution in [3.63, 3.8) is 0 Å². The molecule has 6 heteroatoms. The van der Waals surface area contributed by atoms with E-state index in [0.717, 1.165) is 10.6 Å². The van der Waals surface area contributed by atoms with Crippen LogP contribution in [0.4, 0.5) is 5.69 Å². The van der Waals surface area contributed by atoms with Crippen LogP contribution in [0.25, 0.3) is 0 Å². The van der Waals surface area contributed by atoms with Crippen molar-refractivity contribution in [1.82, 2.24) is 5.43 Å². The summed E-state index contributed by atoms with van der Waals surface area (Å²) in [5.41, 5.74) is 4.95. The van der Waals surface area contributed by atoms with Crippen molar-refractivity contribution >= 4 is 34.6 Å². The topological polar surface area (TPSA) is 70.6 Å². The lowest BCUT2D eigenvalue weighted by Gasteiger charge is -2.06. The molecular formula is C20H17N3O2S. The molecule has 0 bridgehead atoms. The summed E-state index contributed by atoms with van der Waals surface area (Å²) < 4.78 is 0. The first-order valence-electron chi connectivity index (χ1n) is 7.98. The molecule has 2 N–H and O–H groups in total. The molecule has 2 amide bonds. The summed E-state index contributed by atoms with van der Waals surface area (Å²) in [6.07, 6.45) is 0. The first kappa shape index (κ1) is 17.6. The quantitative estimate of drug-likeness (QED) is 0.528. The summed E-state index contributed by atoms with van der Waals surface area (Å²) in [6.45, 7) is 1.84. The van der Waals surface area contributed by atoms with Crippen LogP contribution in [0, 0.1) is 0 Å². The van der Waals surface area contributed by atoms with Crippen molar-refractivity contribution in [3.8, 4) is 0 Å². The molecule has 0 fully saturated rings. The molecule has 1 heterocycles. The number of nitrogens with one attached hydrogen (secondary N) is 2. The number of amides is 2. The van der Waals surface area contributed by atoms with Gasteiger partial charge in [0.15, 0.2) is 0 Å². The highest BCUT2D eigenvalue weighted by Gasteiger charge is 2.08. The molecule has 0 aliphatic rings. The van der Waals surface area contributed by atoms with E-state index >= 15 is 0 Å². The molecule has 0 aliphatic heterocycles. The highest BCUT2D eigenvalue weighted by atomic mass is 32.1. The average Bonchev–Trinajstić information content (AvgIpc) is 3.22. The van der Waals surface area contributed by atoms with E-state index < -0.39 is 0 Å². The van der Waals surface area contributed by atoms with E-state index in [4.69, 9.17) is 0 Å². The SMILES string of the molecule is CC(=NNC(=O)c1ccc(NC(=O)c2ccccc2)cc1)c1cccs1. The van der Waals surface area contributed by atoms with Gasteiger partial charge in [-0.25, -0.2) is 5.43 Å². The Labute approximate surface area is 155 Å². The molecule has 0 unspecified atom stereocenters. The van der Waals surface area contributed by atoms with Gasteiger partial charge in [0, 0.05) is 21.7 Å². The van der Waals surface area contributed by atoms with Gasteiger partial charge in [-0.15, -0.1) is 11.3 Å². The monoisotopic (exact) mass is 363 g/mol. The van der Waals surface area contributed by atoms with Gasteiger partial charge in [-0.3, -0.25) is 9.59 Å². The van der Waals surface area contributed by atoms with Crippen molar-refractivity contribution in [2.75, 3.05) is 5.32 Å². The van der Waals surface area contributed by atoms with E-state index in [9.17, 15) is 9.59 Å². The number of hydrazone groups is 1. The van der Waals surface area contributed by atoms with Gasteiger partial charge >= 0.3 is 0 Å². The third-order valence-electron chi connectivity index (χ3n) is 3.64. The maximum atomic E-state index is 12.2. The highest BCUT2D eigenvalue weighted by molar-refractivity contribution is 7.12. The van der Waals surface area contributed by atoms with E-state index in [1.807, 2.05) is 30.5 Å². The predicted octanol–water partition coefficient (Wildman–Crippen LogP) is 4.15. The molecule has 0 atom stereocenters. The first-order valence-corrected chi connectivity index (χ1v) is 8.86. The molecular weight excluding hydrogens is 346 g/mol. The van der Waals surface area contributed by atoms with E-state index in [2.05, 4.69) is 15.8 Å². The predicted molar refractivity (Wildman–Crippen MR) is 105 cm³/mol. The zero-order valence-electron chi connectivity index (χ0n) is 14.1. The second kappa shape index (κ2) is 8.22.